The number of sulfonamides is 1. The molecule has 0 radical (unpaired) electrons. The van der Waals surface area contributed by atoms with Crippen LogP contribution in [0.1, 0.15) is 12.7 Å². The summed E-state index contributed by atoms with van der Waals surface area (Å²) in [6.45, 7) is 6.87. The van der Waals surface area contributed by atoms with E-state index in [2.05, 4.69) is 10.5 Å². The summed E-state index contributed by atoms with van der Waals surface area (Å²) in [4.78, 5) is 14.3. The number of amides is 1. The maximum Gasteiger partial charge on any atom is 0.243 e. The zero-order chi connectivity index (χ0) is 22.3. The number of nitrogens with zero attached hydrogens (tertiary/aromatic N) is 3. The molecule has 0 unspecified atom stereocenters. The van der Waals surface area contributed by atoms with Crippen LogP contribution < -0.4 is 10.1 Å². The Kier molecular flexibility index (Phi) is 8.02. The van der Waals surface area contributed by atoms with Crippen LogP contribution in [0.4, 0.5) is 5.82 Å². The first-order valence-electron chi connectivity index (χ1n) is 10.1. The molecule has 1 aliphatic rings. The standard InChI is InChI=1S/C20H28N4O6S/c1-3-28-12-13-29-17-4-6-18(7-5-17)31(26,27)24-10-8-23(9-11-24)15-20(25)21-19-14-16(2)30-22-19/h4-7,14H,3,8-13,15H2,1-2H3,(H,21,22,25). The van der Waals surface area contributed by atoms with Crippen molar-refractivity contribution in [3.8, 4) is 5.75 Å². The molecule has 1 fully saturated rings. The molecule has 0 spiro atoms. The van der Waals surface area contributed by atoms with E-state index in [0.29, 0.717) is 63.3 Å². The number of anilines is 1. The molecule has 0 aliphatic carbocycles. The molecule has 11 heteroatoms. The van der Waals surface area contributed by atoms with Gasteiger partial charge in [0.05, 0.1) is 18.0 Å². The van der Waals surface area contributed by atoms with Gasteiger partial charge in [-0.15, -0.1) is 0 Å². The molecule has 3 rings (SSSR count). The lowest BCUT2D eigenvalue weighted by Crippen LogP contribution is -2.50. The highest BCUT2D eigenvalue weighted by molar-refractivity contribution is 7.89. The van der Waals surface area contributed by atoms with Gasteiger partial charge in [0.25, 0.3) is 0 Å². The minimum absolute atomic E-state index is 0.160. The molecule has 1 amide bonds. The SMILES string of the molecule is CCOCCOc1ccc(S(=O)(=O)N2CCN(CC(=O)Nc3cc(C)on3)CC2)cc1. The van der Waals surface area contributed by atoms with E-state index < -0.39 is 10.0 Å². The normalized spacial score (nSPS) is 15.7. The number of carbonyl (C=O) groups excluding carboxylic acids is 1. The van der Waals surface area contributed by atoms with Crippen LogP contribution in [0.15, 0.2) is 39.8 Å². The fourth-order valence-corrected chi connectivity index (χ4v) is 4.58. The summed E-state index contributed by atoms with van der Waals surface area (Å²) in [5.74, 6) is 1.36. The number of aryl methyl sites for hydroxylation is 1. The van der Waals surface area contributed by atoms with Crippen molar-refractivity contribution < 1.29 is 27.2 Å². The molecular weight excluding hydrogens is 424 g/mol. The average Bonchev–Trinajstić information content (AvgIpc) is 3.16. The monoisotopic (exact) mass is 452 g/mol. The summed E-state index contributed by atoms with van der Waals surface area (Å²) in [7, 11) is -3.60. The van der Waals surface area contributed by atoms with Crippen molar-refractivity contribution >= 4 is 21.7 Å². The lowest BCUT2D eigenvalue weighted by molar-refractivity contribution is -0.117. The van der Waals surface area contributed by atoms with E-state index >= 15 is 0 Å². The van der Waals surface area contributed by atoms with Crippen molar-refractivity contribution in [3.63, 3.8) is 0 Å². The molecule has 10 nitrogen and oxygen atoms in total. The Labute approximate surface area is 182 Å². The number of piperazine rings is 1. The molecule has 31 heavy (non-hydrogen) atoms. The number of hydrogen-bond donors (Lipinski definition) is 1. The van der Waals surface area contributed by atoms with E-state index in [1.165, 1.54) is 4.31 Å². The van der Waals surface area contributed by atoms with Crippen LogP contribution in [0.25, 0.3) is 0 Å². The third kappa shape index (κ3) is 6.50. The fourth-order valence-electron chi connectivity index (χ4n) is 3.16. The van der Waals surface area contributed by atoms with E-state index in [0.717, 1.165) is 0 Å². The van der Waals surface area contributed by atoms with E-state index in [4.69, 9.17) is 14.0 Å². The number of carbonyl (C=O) groups is 1. The second-order valence-corrected chi connectivity index (χ2v) is 9.01. The highest BCUT2D eigenvalue weighted by Crippen LogP contribution is 2.21. The van der Waals surface area contributed by atoms with Gasteiger partial charge in [-0.2, -0.15) is 4.31 Å². The minimum Gasteiger partial charge on any atom is -0.491 e. The molecule has 1 aromatic heterocycles. The van der Waals surface area contributed by atoms with Crippen molar-refractivity contribution in [2.45, 2.75) is 18.7 Å². The van der Waals surface area contributed by atoms with Gasteiger partial charge in [0.2, 0.25) is 15.9 Å². The first-order valence-corrected chi connectivity index (χ1v) is 11.6. The second-order valence-electron chi connectivity index (χ2n) is 7.07. The zero-order valence-electron chi connectivity index (χ0n) is 17.7. The molecule has 2 heterocycles. The smallest absolute Gasteiger partial charge is 0.243 e. The van der Waals surface area contributed by atoms with Crippen LogP contribution in [0, 0.1) is 6.92 Å². The number of benzene rings is 1. The lowest BCUT2D eigenvalue weighted by atomic mass is 10.3. The van der Waals surface area contributed by atoms with Crippen LogP contribution in [0.2, 0.25) is 0 Å². The van der Waals surface area contributed by atoms with Crippen molar-refractivity contribution in [2.24, 2.45) is 0 Å². The van der Waals surface area contributed by atoms with Gasteiger partial charge in [-0.3, -0.25) is 9.69 Å². The Morgan fingerprint density at radius 2 is 1.87 bits per heavy atom. The third-order valence-electron chi connectivity index (χ3n) is 4.76. The van der Waals surface area contributed by atoms with E-state index in [1.54, 1.807) is 37.3 Å². The second kappa shape index (κ2) is 10.7. The summed E-state index contributed by atoms with van der Waals surface area (Å²) >= 11 is 0. The predicted octanol–water partition coefficient (Wildman–Crippen LogP) is 1.34. The number of aromatic nitrogens is 1. The Bertz CT molecular complexity index is 952. The number of nitrogens with one attached hydrogen (secondary N) is 1. The number of rotatable bonds is 10. The van der Waals surface area contributed by atoms with E-state index in [-0.39, 0.29) is 17.3 Å². The summed E-state index contributed by atoms with van der Waals surface area (Å²) in [6.07, 6.45) is 0. The zero-order valence-corrected chi connectivity index (χ0v) is 18.6. The molecule has 1 N–H and O–H groups in total. The quantitative estimate of drug-likeness (QED) is 0.537. The summed E-state index contributed by atoms with van der Waals surface area (Å²) in [6, 6.07) is 8.02. The maximum atomic E-state index is 12.9. The number of hydrogen-bond acceptors (Lipinski definition) is 8. The van der Waals surface area contributed by atoms with E-state index in [9.17, 15) is 13.2 Å². The highest BCUT2D eigenvalue weighted by atomic mass is 32.2. The molecule has 0 atom stereocenters. The average molecular weight is 453 g/mol. The van der Waals surface area contributed by atoms with Crippen molar-refractivity contribution in [3.05, 3.63) is 36.1 Å². The van der Waals surface area contributed by atoms with Crippen LogP contribution in [-0.2, 0) is 19.6 Å². The molecule has 1 saturated heterocycles. The summed E-state index contributed by atoms with van der Waals surface area (Å²) < 4.78 is 42.9. The highest BCUT2D eigenvalue weighted by Gasteiger charge is 2.29. The molecule has 0 saturated carbocycles. The largest absolute Gasteiger partial charge is 0.491 e. The Morgan fingerprint density at radius 1 is 1.16 bits per heavy atom. The Morgan fingerprint density at radius 3 is 2.48 bits per heavy atom. The Hall–Kier alpha value is -2.47. The molecule has 0 bridgehead atoms. The maximum absolute atomic E-state index is 12.9. The Balaban J connectivity index is 1.48. The van der Waals surface area contributed by atoms with Gasteiger partial charge in [-0.1, -0.05) is 5.16 Å². The van der Waals surface area contributed by atoms with E-state index in [1.807, 2.05) is 11.8 Å². The molecule has 170 valence electrons. The first kappa shape index (κ1) is 23.2. The molecule has 2 aromatic rings. The number of ether oxygens (including phenoxy) is 2. The minimum atomic E-state index is -3.60. The van der Waals surface area contributed by atoms with Crippen molar-refractivity contribution in [1.82, 2.24) is 14.4 Å². The molecule has 1 aromatic carbocycles. The van der Waals surface area contributed by atoms with Gasteiger partial charge in [0, 0.05) is 38.9 Å². The van der Waals surface area contributed by atoms with Gasteiger partial charge in [0.15, 0.2) is 5.82 Å². The summed E-state index contributed by atoms with van der Waals surface area (Å²) in [5, 5.41) is 6.40. The van der Waals surface area contributed by atoms with Gasteiger partial charge in [-0.05, 0) is 38.1 Å². The van der Waals surface area contributed by atoms with Crippen molar-refractivity contribution in [1.29, 1.82) is 0 Å². The fraction of sp³-hybridized carbons (Fsp3) is 0.500. The lowest BCUT2D eigenvalue weighted by Gasteiger charge is -2.33. The van der Waals surface area contributed by atoms with Crippen LogP contribution in [0.3, 0.4) is 0 Å². The van der Waals surface area contributed by atoms with Crippen molar-refractivity contribution in [2.75, 3.05) is 57.9 Å². The third-order valence-corrected chi connectivity index (χ3v) is 6.67. The van der Waals surface area contributed by atoms with Gasteiger partial charge < -0.3 is 19.3 Å². The molecule has 1 aliphatic heterocycles. The van der Waals surface area contributed by atoms with Gasteiger partial charge in [0.1, 0.15) is 18.1 Å². The summed E-state index contributed by atoms with van der Waals surface area (Å²) in [5.41, 5.74) is 0. The topological polar surface area (TPSA) is 114 Å². The van der Waals surface area contributed by atoms with Crippen LogP contribution in [-0.4, -0.2) is 81.2 Å². The van der Waals surface area contributed by atoms with Crippen LogP contribution in [0.5, 0.6) is 5.75 Å². The van der Waals surface area contributed by atoms with Gasteiger partial charge >= 0.3 is 0 Å². The molecular formula is C20H28N4O6S. The van der Waals surface area contributed by atoms with Crippen LogP contribution >= 0.6 is 0 Å². The van der Waals surface area contributed by atoms with Gasteiger partial charge in [-0.25, -0.2) is 8.42 Å². The predicted molar refractivity (Wildman–Crippen MR) is 113 cm³/mol. The first-order chi connectivity index (χ1) is 14.9.